The van der Waals surface area contributed by atoms with E-state index < -0.39 is 35.5 Å². The van der Waals surface area contributed by atoms with E-state index in [-0.39, 0.29) is 28.9 Å². The fraction of sp³-hybridized carbons (Fsp3) is 0.528. The van der Waals surface area contributed by atoms with Crippen LogP contribution in [0.25, 0.3) is 11.1 Å². The lowest BCUT2D eigenvalue weighted by Crippen LogP contribution is -2.60. The van der Waals surface area contributed by atoms with Crippen LogP contribution in [-0.4, -0.2) is 60.6 Å². The SMILES string of the molecule is CC.CC(NC(=O)C1CCCN1C(=O)C(c1cc(N2CC3(CCNCC3)C2)no1)C(C)C)c1ccc(-c2c(F)cc(F)cc2F)cc1. The maximum Gasteiger partial charge on any atom is 0.243 e. The Balaban J connectivity index is 0.00000213. The first-order valence-corrected chi connectivity index (χ1v) is 16.8. The molecule has 0 saturated carbocycles. The van der Waals surface area contributed by atoms with Crippen LogP contribution in [0, 0.1) is 28.8 Å². The number of anilines is 1. The zero-order valence-electron chi connectivity index (χ0n) is 27.9. The fourth-order valence-electron chi connectivity index (χ4n) is 7.14. The average Bonchev–Trinajstić information content (AvgIpc) is 3.72. The van der Waals surface area contributed by atoms with Gasteiger partial charge in [-0.1, -0.05) is 57.1 Å². The molecule has 1 aromatic heterocycles. The maximum absolute atomic E-state index is 14.3. The van der Waals surface area contributed by atoms with Crippen LogP contribution in [0.2, 0.25) is 0 Å². The van der Waals surface area contributed by atoms with Crippen LogP contribution in [0.1, 0.15) is 83.6 Å². The van der Waals surface area contributed by atoms with Gasteiger partial charge in [0.15, 0.2) is 11.6 Å². The van der Waals surface area contributed by atoms with Gasteiger partial charge in [-0.05, 0) is 62.7 Å². The molecule has 3 atom stereocenters. The Morgan fingerprint density at radius 1 is 1.00 bits per heavy atom. The van der Waals surface area contributed by atoms with Crippen LogP contribution in [0.3, 0.4) is 0 Å². The summed E-state index contributed by atoms with van der Waals surface area (Å²) in [6.45, 7) is 14.2. The Morgan fingerprint density at radius 2 is 1.64 bits per heavy atom. The molecule has 4 heterocycles. The molecule has 2 N–H and O–H groups in total. The van der Waals surface area contributed by atoms with E-state index in [9.17, 15) is 22.8 Å². The molecule has 2 amide bonds. The number of hydrogen-bond donors (Lipinski definition) is 2. The number of amides is 2. The van der Waals surface area contributed by atoms with Gasteiger partial charge in [-0.3, -0.25) is 9.59 Å². The van der Waals surface area contributed by atoms with Gasteiger partial charge in [-0.15, -0.1) is 0 Å². The second-order valence-corrected chi connectivity index (χ2v) is 13.2. The minimum absolute atomic E-state index is 0.0667. The number of carbonyl (C=O) groups excluding carboxylic acids is 2. The Bertz CT molecular complexity index is 1520. The van der Waals surface area contributed by atoms with Crippen molar-refractivity contribution in [2.45, 2.75) is 78.3 Å². The third-order valence-electron chi connectivity index (χ3n) is 9.70. The van der Waals surface area contributed by atoms with Gasteiger partial charge >= 0.3 is 0 Å². The predicted molar refractivity (Wildman–Crippen MR) is 175 cm³/mol. The van der Waals surface area contributed by atoms with Crippen LogP contribution in [-0.2, 0) is 9.59 Å². The maximum atomic E-state index is 14.3. The van der Waals surface area contributed by atoms with Crippen LogP contribution < -0.4 is 15.5 Å². The van der Waals surface area contributed by atoms with Gasteiger partial charge in [0.2, 0.25) is 11.8 Å². The molecule has 3 aliphatic rings. The standard InChI is InChI=1S/C34H40F3N5O3.C2H6/c1-20(2)30(28-17-29(40-45-28)41-18-34(19-41)10-12-38-13-11-34)33(44)42-14-4-5-27(42)32(43)39-21(3)22-6-8-23(9-7-22)31-25(36)15-24(35)16-26(31)37;1-2/h6-9,15-17,20-21,27,30,38H,4-5,10-14,18-19H2,1-3H3,(H,39,43);1-2H3. The lowest BCUT2D eigenvalue weighted by Gasteiger charge is -2.52. The van der Waals surface area contributed by atoms with Gasteiger partial charge < -0.3 is 25.0 Å². The highest BCUT2D eigenvalue weighted by molar-refractivity contribution is 5.91. The molecular formula is C36H46F3N5O3. The molecule has 0 aliphatic carbocycles. The highest BCUT2D eigenvalue weighted by Gasteiger charge is 2.45. The fourth-order valence-corrected chi connectivity index (χ4v) is 7.14. The Morgan fingerprint density at radius 3 is 2.26 bits per heavy atom. The van der Waals surface area contributed by atoms with E-state index >= 15 is 0 Å². The number of aromatic nitrogens is 1. The smallest absolute Gasteiger partial charge is 0.243 e. The zero-order chi connectivity index (χ0) is 33.9. The molecule has 47 heavy (non-hydrogen) atoms. The molecule has 11 heteroatoms. The Kier molecular flexibility index (Phi) is 10.6. The molecule has 3 unspecified atom stereocenters. The summed E-state index contributed by atoms with van der Waals surface area (Å²) >= 11 is 0. The van der Waals surface area contributed by atoms with Crippen molar-refractivity contribution in [3.8, 4) is 11.1 Å². The van der Waals surface area contributed by atoms with E-state index in [0.717, 1.165) is 50.4 Å². The number of benzene rings is 2. The number of nitrogens with zero attached hydrogens (tertiary/aromatic N) is 3. The van der Waals surface area contributed by atoms with Gasteiger partial charge in [0, 0.05) is 43.2 Å². The molecule has 3 aliphatic heterocycles. The molecule has 3 fully saturated rings. The zero-order valence-corrected chi connectivity index (χ0v) is 27.9. The molecule has 6 rings (SSSR count). The highest BCUT2D eigenvalue weighted by atomic mass is 19.1. The van der Waals surface area contributed by atoms with E-state index in [1.165, 1.54) is 12.1 Å². The normalized spacial score (nSPS) is 20.0. The second-order valence-electron chi connectivity index (χ2n) is 13.2. The summed E-state index contributed by atoms with van der Waals surface area (Å²) in [7, 11) is 0. The summed E-state index contributed by atoms with van der Waals surface area (Å²) in [6, 6.07) is 8.53. The van der Waals surface area contributed by atoms with Crippen LogP contribution >= 0.6 is 0 Å². The summed E-state index contributed by atoms with van der Waals surface area (Å²) in [5.74, 6) is -2.72. The van der Waals surface area contributed by atoms with E-state index in [2.05, 4.69) is 20.7 Å². The van der Waals surface area contributed by atoms with Crippen LogP contribution in [0.15, 0.2) is 47.0 Å². The second kappa shape index (κ2) is 14.5. The molecule has 0 bridgehead atoms. The quantitative estimate of drug-likeness (QED) is 0.286. The van der Waals surface area contributed by atoms with Gasteiger partial charge in [0.25, 0.3) is 0 Å². The molecule has 3 saturated heterocycles. The Labute approximate surface area is 275 Å². The first-order valence-electron chi connectivity index (χ1n) is 16.8. The summed E-state index contributed by atoms with van der Waals surface area (Å²) in [5.41, 5.74) is 1.01. The highest BCUT2D eigenvalue weighted by Crippen LogP contribution is 2.42. The molecule has 254 valence electrons. The predicted octanol–water partition coefficient (Wildman–Crippen LogP) is 6.58. The van der Waals surface area contributed by atoms with Crippen molar-refractivity contribution in [2.75, 3.05) is 37.6 Å². The van der Waals surface area contributed by atoms with Crippen molar-refractivity contribution in [1.82, 2.24) is 20.7 Å². The third kappa shape index (κ3) is 7.20. The summed E-state index contributed by atoms with van der Waals surface area (Å²) in [4.78, 5) is 31.3. The van der Waals surface area contributed by atoms with Crippen molar-refractivity contribution in [1.29, 1.82) is 0 Å². The van der Waals surface area contributed by atoms with E-state index in [1.807, 2.05) is 40.7 Å². The number of piperidine rings is 1. The minimum Gasteiger partial charge on any atom is -0.358 e. The van der Waals surface area contributed by atoms with Crippen molar-refractivity contribution < 1.29 is 27.3 Å². The lowest BCUT2D eigenvalue weighted by molar-refractivity contribution is -0.141. The van der Waals surface area contributed by atoms with E-state index in [1.54, 1.807) is 17.0 Å². The number of halogens is 3. The lowest BCUT2D eigenvalue weighted by atomic mass is 9.72. The number of nitrogens with one attached hydrogen (secondary N) is 2. The molecular weight excluding hydrogens is 607 g/mol. The molecule has 2 aromatic carbocycles. The number of likely N-dealkylation sites (tertiary alicyclic amines) is 1. The summed E-state index contributed by atoms with van der Waals surface area (Å²) in [6.07, 6.45) is 3.56. The summed E-state index contributed by atoms with van der Waals surface area (Å²) < 4.78 is 47.6. The van der Waals surface area contributed by atoms with Gasteiger partial charge in [0.05, 0.1) is 11.6 Å². The molecule has 8 nitrogen and oxygen atoms in total. The van der Waals surface area contributed by atoms with Crippen molar-refractivity contribution in [3.05, 3.63) is 71.2 Å². The van der Waals surface area contributed by atoms with E-state index in [4.69, 9.17) is 4.52 Å². The first-order chi connectivity index (χ1) is 22.5. The van der Waals surface area contributed by atoms with Gasteiger partial charge in [0.1, 0.15) is 29.4 Å². The number of carbonyl (C=O) groups is 2. The average molecular weight is 654 g/mol. The molecule has 3 aromatic rings. The molecule has 0 radical (unpaired) electrons. The van der Waals surface area contributed by atoms with Crippen LogP contribution in [0.5, 0.6) is 0 Å². The summed E-state index contributed by atoms with van der Waals surface area (Å²) in [5, 5.41) is 10.7. The van der Waals surface area contributed by atoms with Crippen molar-refractivity contribution in [3.63, 3.8) is 0 Å². The Hall–Kier alpha value is -3.86. The van der Waals surface area contributed by atoms with Crippen LogP contribution in [0.4, 0.5) is 19.0 Å². The van der Waals surface area contributed by atoms with Crippen molar-refractivity contribution in [2.24, 2.45) is 11.3 Å². The van der Waals surface area contributed by atoms with E-state index in [0.29, 0.717) is 42.7 Å². The monoisotopic (exact) mass is 653 g/mol. The van der Waals surface area contributed by atoms with Crippen molar-refractivity contribution >= 4 is 17.6 Å². The van der Waals surface area contributed by atoms with Gasteiger partial charge in [-0.25, -0.2) is 13.2 Å². The largest absolute Gasteiger partial charge is 0.358 e. The molecule has 1 spiro atoms. The number of rotatable bonds is 8. The van der Waals surface area contributed by atoms with Gasteiger partial charge in [-0.2, -0.15) is 0 Å². The topological polar surface area (TPSA) is 90.7 Å². The number of hydrogen-bond acceptors (Lipinski definition) is 6. The first kappa shape index (κ1) is 34.5. The third-order valence-corrected chi connectivity index (χ3v) is 9.70. The minimum atomic E-state index is -0.986.